The van der Waals surface area contributed by atoms with Crippen molar-refractivity contribution in [3.63, 3.8) is 0 Å². The molecule has 0 radical (unpaired) electrons. The number of nitrogens with zero attached hydrogens (tertiary/aromatic N) is 3. The highest BCUT2D eigenvalue weighted by molar-refractivity contribution is 6.35. The van der Waals surface area contributed by atoms with Crippen LogP contribution in [0.5, 0.6) is 0 Å². The molecule has 8 heteroatoms. The summed E-state index contributed by atoms with van der Waals surface area (Å²) in [7, 11) is 0. The van der Waals surface area contributed by atoms with Gasteiger partial charge in [0, 0.05) is 29.4 Å². The molecular weight excluding hydrogens is 377 g/mol. The van der Waals surface area contributed by atoms with E-state index >= 15 is 0 Å². The van der Waals surface area contributed by atoms with Gasteiger partial charge in [0.25, 0.3) is 5.91 Å². The van der Waals surface area contributed by atoms with Gasteiger partial charge in [-0.05, 0) is 44.4 Å². The summed E-state index contributed by atoms with van der Waals surface area (Å²) in [5.74, 6) is -1.17. The van der Waals surface area contributed by atoms with Crippen LogP contribution in [-0.4, -0.2) is 44.8 Å². The Bertz CT molecular complexity index is 864. The summed E-state index contributed by atoms with van der Waals surface area (Å²) in [6, 6.07) is 5.17. The molecule has 1 N–H and O–H groups in total. The van der Waals surface area contributed by atoms with Crippen LogP contribution in [0, 0.1) is 0 Å². The van der Waals surface area contributed by atoms with E-state index in [0.29, 0.717) is 28.0 Å². The third-order valence-electron chi connectivity index (χ3n) is 4.54. The fourth-order valence-corrected chi connectivity index (χ4v) is 3.73. The van der Waals surface area contributed by atoms with Crippen LogP contribution < -0.4 is 0 Å². The average Bonchev–Trinajstić information content (AvgIpc) is 3.18. The summed E-state index contributed by atoms with van der Waals surface area (Å²) >= 11 is 12.3. The lowest BCUT2D eigenvalue weighted by molar-refractivity contribution is -0.137. The molecule has 1 aromatic heterocycles. The highest BCUT2D eigenvalue weighted by atomic mass is 35.5. The third kappa shape index (κ3) is 3.57. The van der Waals surface area contributed by atoms with E-state index in [0.717, 1.165) is 30.5 Å². The van der Waals surface area contributed by atoms with Gasteiger partial charge in [-0.2, -0.15) is 5.10 Å². The molecule has 0 atom stereocenters. The molecule has 1 amide bonds. The number of carbonyl (C=O) groups excluding carboxylic acids is 1. The molecule has 2 aromatic rings. The van der Waals surface area contributed by atoms with Gasteiger partial charge in [-0.25, -0.2) is 4.68 Å². The summed E-state index contributed by atoms with van der Waals surface area (Å²) in [4.78, 5) is 25.3. The minimum Gasteiger partial charge on any atom is -0.481 e. The molecule has 26 heavy (non-hydrogen) atoms. The van der Waals surface area contributed by atoms with Crippen LogP contribution in [0.15, 0.2) is 18.2 Å². The van der Waals surface area contributed by atoms with Crippen molar-refractivity contribution in [1.82, 2.24) is 14.7 Å². The lowest BCUT2D eigenvalue weighted by Gasteiger charge is -2.19. The second-order valence-electron chi connectivity index (χ2n) is 6.16. The van der Waals surface area contributed by atoms with Gasteiger partial charge in [-0.15, -0.1) is 0 Å². The van der Waals surface area contributed by atoms with Crippen LogP contribution in [0.25, 0.3) is 5.69 Å². The average molecular weight is 396 g/mol. The van der Waals surface area contributed by atoms with E-state index in [9.17, 15) is 9.59 Å². The van der Waals surface area contributed by atoms with E-state index in [4.69, 9.17) is 28.3 Å². The maximum absolute atomic E-state index is 12.9. The summed E-state index contributed by atoms with van der Waals surface area (Å²) in [6.45, 7) is 2.41. The minimum absolute atomic E-state index is 0.0918. The van der Waals surface area contributed by atoms with E-state index in [-0.39, 0.29) is 18.9 Å². The van der Waals surface area contributed by atoms with E-state index < -0.39 is 5.97 Å². The fourth-order valence-electron chi connectivity index (χ4n) is 3.25. The third-order valence-corrected chi connectivity index (χ3v) is 5.07. The number of aromatic nitrogens is 2. The molecule has 1 aromatic carbocycles. The number of amides is 1. The number of hydrogen-bond donors (Lipinski definition) is 1. The number of fused-ring (bicyclic) bond motifs is 1. The summed E-state index contributed by atoms with van der Waals surface area (Å²) in [6.07, 6.45) is 2.44. The Morgan fingerprint density at radius 3 is 2.73 bits per heavy atom. The highest BCUT2D eigenvalue weighted by Gasteiger charge is 2.29. The summed E-state index contributed by atoms with van der Waals surface area (Å²) in [5.41, 5.74) is 2.97. The van der Waals surface area contributed by atoms with Crippen molar-refractivity contribution in [2.45, 2.75) is 32.6 Å². The maximum atomic E-state index is 12.9. The zero-order valence-corrected chi connectivity index (χ0v) is 15.8. The van der Waals surface area contributed by atoms with Crippen LogP contribution in [0.1, 0.15) is 41.5 Å². The van der Waals surface area contributed by atoms with E-state index in [1.807, 2.05) is 6.92 Å². The van der Waals surface area contributed by atoms with Crippen molar-refractivity contribution in [2.75, 3.05) is 13.1 Å². The number of carbonyl (C=O) groups is 2. The standard InChI is InChI=1S/C18H19Cl2N3O3/c1-2-22(9-8-16(24)25)18(26)17-12-4-3-5-14(12)23(21-17)15-7-6-11(19)10-13(15)20/h6-7,10H,2-5,8-9H2,1H3,(H,24,25). The Morgan fingerprint density at radius 1 is 1.31 bits per heavy atom. The summed E-state index contributed by atoms with van der Waals surface area (Å²) in [5, 5.41) is 14.4. The molecule has 0 bridgehead atoms. The van der Waals surface area contributed by atoms with Gasteiger partial charge in [-0.3, -0.25) is 9.59 Å². The molecule has 0 spiro atoms. The molecule has 0 aliphatic heterocycles. The number of benzene rings is 1. The van der Waals surface area contributed by atoms with Crippen molar-refractivity contribution in [3.05, 3.63) is 45.2 Å². The zero-order chi connectivity index (χ0) is 18.8. The number of carboxylic acid groups (broad SMARTS) is 1. The topological polar surface area (TPSA) is 75.4 Å². The quantitative estimate of drug-likeness (QED) is 0.810. The minimum atomic E-state index is -0.931. The zero-order valence-electron chi connectivity index (χ0n) is 14.3. The van der Waals surface area contributed by atoms with Crippen LogP contribution >= 0.6 is 23.2 Å². The molecule has 0 fully saturated rings. The van der Waals surface area contributed by atoms with Crippen molar-refractivity contribution < 1.29 is 14.7 Å². The predicted octanol–water partition coefficient (Wildman–Crippen LogP) is 3.60. The lowest BCUT2D eigenvalue weighted by Crippen LogP contribution is -2.33. The maximum Gasteiger partial charge on any atom is 0.305 e. The van der Waals surface area contributed by atoms with Crippen LogP contribution in [0.3, 0.4) is 0 Å². The number of rotatable bonds is 6. The van der Waals surface area contributed by atoms with Gasteiger partial charge in [0.15, 0.2) is 5.69 Å². The number of halogens is 2. The number of carboxylic acids is 1. The summed E-state index contributed by atoms with van der Waals surface area (Å²) < 4.78 is 1.72. The Kier molecular flexibility index (Phi) is 5.53. The molecule has 3 rings (SSSR count). The van der Waals surface area contributed by atoms with Gasteiger partial charge in [0.05, 0.1) is 17.1 Å². The molecule has 1 aliphatic rings. The van der Waals surface area contributed by atoms with Crippen molar-refractivity contribution in [2.24, 2.45) is 0 Å². The fraction of sp³-hybridized carbons (Fsp3) is 0.389. The second-order valence-corrected chi connectivity index (χ2v) is 7.01. The van der Waals surface area contributed by atoms with Crippen molar-refractivity contribution in [1.29, 1.82) is 0 Å². The van der Waals surface area contributed by atoms with Gasteiger partial charge in [-0.1, -0.05) is 23.2 Å². The van der Waals surface area contributed by atoms with E-state index in [1.54, 1.807) is 22.9 Å². The Balaban J connectivity index is 1.99. The lowest BCUT2D eigenvalue weighted by atomic mass is 10.1. The molecule has 1 heterocycles. The number of aliphatic carboxylic acids is 1. The SMILES string of the molecule is CCN(CCC(=O)O)C(=O)c1nn(-c2ccc(Cl)cc2Cl)c2c1CCC2. The van der Waals surface area contributed by atoms with E-state index in [2.05, 4.69) is 5.10 Å². The first-order chi connectivity index (χ1) is 12.4. The first-order valence-corrected chi connectivity index (χ1v) is 9.25. The van der Waals surface area contributed by atoms with Crippen LogP contribution in [0.2, 0.25) is 10.0 Å². The van der Waals surface area contributed by atoms with Gasteiger partial charge >= 0.3 is 5.97 Å². The molecule has 6 nitrogen and oxygen atoms in total. The van der Waals surface area contributed by atoms with Crippen LogP contribution in [0.4, 0.5) is 0 Å². The van der Waals surface area contributed by atoms with Gasteiger partial charge in [0.1, 0.15) is 0 Å². The Hall–Kier alpha value is -2.05. The Labute approximate surface area is 161 Å². The first-order valence-electron chi connectivity index (χ1n) is 8.49. The molecule has 0 saturated heterocycles. The second kappa shape index (κ2) is 7.68. The van der Waals surface area contributed by atoms with Gasteiger partial charge in [0.2, 0.25) is 0 Å². The van der Waals surface area contributed by atoms with Crippen molar-refractivity contribution in [3.8, 4) is 5.69 Å². The normalized spacial score (nSPS) is 12.9. The molecule has 0 unspecified atom stereocenters. The van der Waals surface area contributed by atoms with Crippen molar-refractivity contribution >= 4 is 35.1 Å². The Morgan fingerprint density at radius 2 is 2.08 bits per heavy atom. The highest BCUT2D eigenvalue weighted by Crippen LogP contribution is 2.32. The smallest absolute Gasteiger partial charge is 0.305 e. The molecule has 138 valence electrons. The molecule has 0 saturated carbocycles. The van der Waals surface area contributed by atoms with Gasteiger partial charge < -0.3 is 10.0 Å². The van der Waals surface area contributed by atoms with Crippen LogP contribution in [-0.2, 0) is 17.6 Å². The van der Waals surface area contributed by atoms with E-state index in [1.165, 1.54) is 4.90 Å². The number of hydrogen-bond acceptors (Lipinski definition) is 3. The molecule has 1 aliphatic carbocycles. The molecular formula is C18H19Cl2N3O3. The largest absolute Gasteiger partial charge is 0.481 e. The predicted molar refractivity (Wildman–Crippen MR) is 99.4 cm³/mol. The first kappa shape index (κ1) is 18.7. The monoisotopic (exact) mass is 395 g/mol.